The van der Waals surface area contributed by atoms with E-state index in [0.717, 1.165) is 40.5 Å². The first-order valence-electron chi connectivity index (χ1n) is 9.17. The Balaban J connectivity index is 1.74. The Morgan fingerprint density at radius 2 is 2.07 bits per heavy atom. The maximum absolute atomic E-state index is 5.24. The molecule has 0 amide bonds. The van der Waals surface area contributed by atoms with E-state index < -0.39 is 0 Å². The van der Waals surface area contributed by atoms with Gasteiger partial charge in [-0.2, -0.15) is 0 Å². The van der Waals surface area contributed by atoms with Gasteiger partial charge in [-0.3, -0.25) is 4.99 Å². The molecule has 1 aromatic carbocycles. The van der Waals surface area contributed by atoms with E-state index in [0.29, 0.717) is 12.4 Å². The van der Waals surface area contributed by atoms with E-state index in [9.17, 15) is 0 Å². The summed E-state index contributed by atoms with van der Waals surface area (Å²) in [6.07, 6.45) is 5.57. The van der Waals surface area contributed by atoms with Crippen LogP contribution in [0.5, 0.6) is 5.88 Å². The lowest BCUT2D eigenvalue weighted by Crippen LogP contribution is -2.09. The smallest absolute Gasteiger partial charge is 0.213 e. The molecule has 4 rings (SSSR count). The molecule has 142 valence electrons. The average molecular weight is 374 g/mol. The predicted molar refractivity (Wildman–Crippen MR) is 110 cm³/mol. The summed E-state index contributed by atoms with van der Waals surface area (Å²) in [6, 6.07) is 11.9. The maximum atomic E-state index is 5.24. The van der Waals surface area contributed by atoms with E-state index in [1.807, 2.05) is 30.6 Å². The number of ether oxygens (including phenoxy) is 1. The van der Waals surface area contributed by atoms with Crippen LogP contribution in [0.25, 0.3) is 22.6 Å². The van der Waals surface area contributed by atoms with Gasteiger partial charge >= 0.3 is 0 Å². The molecule has 0 radical (unpaired) electrons. The number of pyridine rings is 1. The van der Waals surface area contributed by atoms with Gasteiger partial charge in [0.15, 0.2) is 5.82 Å². The fourth-order valence-electron chi connectivity index (χ4n) is 3.38. The number of rotatable bonds is 6. The van der Waals surface area contributed by atoms with Crippen molar-refractivity contribution in [1.82, 2.24) is 24.1 Å². The zero-order chi connectivity index (χ0) is 19.5. The lowest BCUT2D eigenvalue weighted by Gasteiger charge is -2.10. The summed E-state index contributed by atoms with van der Waals surface area (Å²) in [5.41, 5.74) is 3.90. The Bertz CT molecular complexity index is 1140. The zero-order valence-corrected chi connectivity index (χ0v) is 16.2. The number of nitrogens with zero attached hydrogens (tertiary/aromatic N) is 6. The Labute approximate surface area is 163 Å². The first-order valence-corrected chi connectivity index (χ1v) is 9.17. The molecule has 0 spiro atoms. The van der Waals surface area contributed by atoms with Crippen molar-refractivity contribution in [3.8, 4) is 17.4 Å². The van der Waals surface area contributed by atoms with Crippen LogP contribution in [0.4, 0.5) is 0 Å². The molecule has 0 unspecified atom stereocenters. The maximum Gasteiger partial charge on any atom is 0.213 e. The van der Waals surface area contributed by atoms with Crippen LogP contribution >= 0.6 is 0 Å². The molecule has 3 heterocycles. The number of fused-ring (bicyclic) bond motifs is 1. The fraction of sp³-hybridized carbons (Fsp3) is 0.238. The molecule has 0 atom stereocenters. The molecule has 7 heteroatoms. The van der Waals surface area contributed by atoms with E-state index in [1.165, 1.54) is 0 Å². The highest BCUT2D eigenvalue weighted by Crippen LogP contribution is 2.22. The fourth-order valence-corrected chi connectivity index (χ4v) is 3.38. The third-order valence-electron chi connectivity index (χ3n) is 4.63. The second-order valence-corrected chi connectivity index (χ2v) is 6.35. The van der Waals surface area contributed by atoms with E-state index in [4.69, 9.17) is 9.72 Å². The van der Waals surface area contributed by atoms with Crippen molar-refractivity contribution in [2.45, 2.75) is 20.0 Å². The summed E-state index contributed by atoms with van der Waals surface area (Å²) in [6.45, 7) is 3.58. The summed E-state index contributed by atoms with van der Waals surface area (Å²) in [4.78, 5) is 18.0. The number of methoxy groups -OCH3 is 1. The molecule has 0 aliphatic rings. The van der Waals surface area contributed by atoms with E-state index in [1.54, 1.807) is 20.4 Å². The molecule has 0 saturated carbocycles. The summed E-state index contributed by atoms with van der Waals surface area (Å²) in [5, 5.41) is 0. The number of aromatic nitrogens is 5. The van der Waals surface area contributed by atoms with Crippen LogP contribution in [-0.4, -0.2) is 44.5 Å². The van der Waals surface area contributed by atoms with Crippen LogP contribution in [0.15, 0.2) is 53.8 Å². The highest BCUT2D eigenvalue weighted by Gasteiger charge is 2.14. The molecule has 28 heavy (non-hydrogen) atoms. The molecule has 7 nitrogen and oxygen atoms in total. The third kappa shape index (κ3) is 3.26. The van der Waals surface area contributed by atoms with Crippen molar-refractivity contribution in [2.75, 3.05) is 14.2 Å². The molecule has 0 N–H and O–H groups in total. The van der Waals surface area contributed by atoms with Gasteiger partial charge in [-0.1, -0.05) is 12.1 Å². The van der Waals surface area contributed by atoms with E-state index >= 15 is 0 Å². The highest BCUT2D eigenvalue weighted by molar-refractivity contribution is 5.87. The van der Waals surface area contributed by atoms with Gasteiger partial charge in [0.1, 0.15) is 11.5 Å². The molecular formula is C21H22N6O. The molecule has 0 bridgehead atoms. The lowest BCUT2D eigenvalue weighted by molar-refractivity contribution is 0.398. The Kier molecular flexibility index (Phi) is 4.89. The summed E-state index contributed by atoms with van der Waals surface area (Å²) < 4.78 is 9.53. The molecular weight excluding hydrogens is 352 g/mol. The van der Waals surface area contributed by atoms with Crippen molar-refractivity contribution >= 4 is 17.2 Å². The Hall–Kier alpha value is -3.48. The minimum absolute atomic E-state index is 0.568. The third-order valence-corrected chi connectivity index (χ3v) is 4.63. The number of hydrogen-bond acceptors (Lipinski definition) is 5. The van der Waals surface area contributed by atoms with Gasteiger partial charge in [0.05, 0.1) is 24.7 Å². The molecule has 4 aromatic rings. The van der Waals surface area contributed by atoms with E-state index in [-0.39, 0.29) is 0 Å². The zero-order valence-electron chi connectivity index (χ0n) is 16.2. The van der Waals surface area contributed by atoms with Crippen LogP contribution < -0.4 is 4.74 Å². The van der Waals surface area contributed by atoms with Crippen LogP contribution in [-0.2, 0) is 13.1 Å². The van der Waals surface area contributed by atoms with Gasteiger partial charge < -0.3 is 13.9 Å². The molecule has 0 saturated heterocycles. The van der Waals surface area contributed by atoms with Gasteiger partial charge in [0.2, 0.25) is 5.88 Å². The Morgan fingerprint density at radius 3 is 2.86 bits per heavy atom. The van der Waals surface area contributed by atoms with Gasteiger partial charge in [-0.25, -0.2) is 15.0 Å². The lowest BCUT2D eigenvalue weighted by atomic mass is 10.2. The summed E-state index contributed by atoms with van der Waals surface area (Å²) >= 11 is 0. The van der Waals surface area contributed by atoms with Crippen LogP contribution in [0.3, 0.4) is 0 Å². The first-order chi connectivity index (χ1) is 13.7. The number of aryl methyl sites for hydroxylation is 1. The second-order valence-electron chi connectivity index (χ2n) is 6.35. The van der Waals surface area contributed by atoms with Gasteiger partial charge in [-0.05, 0) is 30.7 Å². The van der Waals surface area contributed by atoms with Crippen molar-refractivity contribution in [2.24, 2.45) is 4.99 Å². The van der Waals surface area contributed by atoms with Gasteiger partial charge in [-0.15, -0.1) is 0 Å². The van der Waals surface area contributed by atoms with Crippen molar-refractivity contribution in [3.05, 3.63) is 60.2 Å². The molecule has 3 aromatic heterocycles. The molecule has 0 fully saturated rings. The predicted octanol–water partition coefficient (Wildman–Crippen LogP) is 3.42. The number of hydrogen-bond donors (Lipinski definition) is 0. The Morgan fingerprint density at radius 1 is 1.18 bits per heavy atom. The molecule has 0 aliphatic carbocycles. The average Bonchev–Trinajstić information content (AvgIpc) is 3.32. The largest absolute Gasteiger partial charge is 0.481 e. The first kappa shape index (κ1) is 17.9. The van der Waals surface area contributed by atoms with Gasteiger partial charge in [0.25, 0.3) is 0 Å². The monoisotopic (exact) mass is 374 g/mol. The molecule has 0 aliphatic heterocycles. The van der Waals surface area contributed by atoms with Crippen LogP contribution in [0.1, 0.15) is 18.3 Å². The number of aliphatic imine (C=N–C) groups is 1. The number of benzene rings is 1. The quantitative estimate of drug-likeness (QED) is 0.485. The minimum atomic E-state index is 0.568. The van der Waals surface area contributed by atoms with E-state index in [2.05, 4.69) is 49.2 Å². The topological polar surface area (TPSA) is 70.1 Å². The van der Waals surface area contributed by atoms with Crippen molar-refractivity contribution in [1.29, 1.82) is 0 Å². The highest BCUT2D eigenvalue weighted by atomic mass is 16.5. The van der Waals surface area contributed by atoms with Gasteiger partial charge in [0, 0.05) is 38.3 Å². The standard InChI is InChI=1S/C21H22N6O/c1-4-27-18-9-8-15(13-22-2)12-17(18)24-19(27)14-26-11-10-23-21(26)16-6-5-7-20(25-16)28-3/h5-13H,4,14H2,1-3H3. The summed E-state index contributed by atoms with van der Waals surface area (Å²) in [5.74, 6) is 2.33. The SMILES string of the molecule is CCn1c(Cn2ccnc2-c2cccc(OC)n2)nc2cc(C=NC)ccc21. The van der Waals surface area contributed by atoms with Crippen molar-refractivity contribution < 1.29 is 4.74 Å². The minimum Gasteiger partial charge on any atom is -0.481 e. The van der Waals surface area contributed by atoms with Crippen LogP contribution in [0.2, 0.25) is 0 Å². The normalized spacial score (nSPS) is 11.5. The van der Waals surface area contributed by atoms with Crippen molar-refractivity contribution in [3.63, 3.8) is 0 Å². The summed E-state index contributed by atoms with van der Waals surface area (Å²) in [7, 11) is 3.38. The van der Waals surface area contributed by atoms with Crippen LogP contribution in [0, 0.1) is 0 Å². The second kappa shape index (κ2) is 7.64. The number of imidazole rings is 2.